The molecule has 0 aliphatic carbocycles. The van der Waals surface area contributed by atoms with Crippen LogP contribution in [0.4, 0.5) is 10.1 Å². The van der Waals surface area contributed by atoms with Crippen molar-refractivity contribution in [2.75, 3.05) is 5.73 Å². The molecule has 0 amide bonds. The zero-order chi connectivity index (χ0) is 16.8. The van der Waals surface area contributed by atoms with Gasteiger partial charge in [0.15, 0.2) is 0 Å². The molecule has 118 valence electrons. The fourth-order valence-electron chi connectivity index (χ4n) is 2.53. The van der Waals surface area contributed by atoms with E-state index in [1.165, 1.54) is 12.1 Å². The molecule has 0 bridgehead atoms. The molecule has 24 heavy (non-hydrogen) atoms. The first kappa shape index (κ1) is 15.8. The summed E-state index contributed by atoms with van der Waals surface area (Å²) in [5.74, 6) is -0.251. The predicted octanol–water partition coefficient (Wildman–Crippen LogP) is 5.55. The molecule has 2 heteroatoms. The molecule has 0 aliphatic rings. The lowest BCUT2D eigenvalue weighted by atomic mass is 9.96. The van der Waals surface area contributed by atoms with E-state index >= 15 is 0 Å². The van der Waals surface area contributed by atoms with Gasteiger partial charge in [0, 0.05) is 11.3 Å². The molecule has 0 atom stereocenters. The Bertz CT molecular complexity index is 862. The molecule has 1 nitrogen and oxygen atoms in total. The fourth-order valence-corrected chi connectivity index (χ4v) is 2.53. The highest BCUT2D eigenvalue weighted by atomic mass is 19.1. The minimum Gasteiger partial charge on any atom is -0.398 e. The van der Waals surface area contributed by atoms with Crippen molar-refractivity contribution in [1.82, 2.24) is 0 Å². The Morgan fingerprint density at radius 3 is 2.17 bits per heavy atom. The standard InChI is InChI=1S/C22H18FN/c23-19-15-13-18(14-16-19)20(21-10-4-5-12-22(21)24)11-6-9-17-7-2-1-3-8-17/h1-16H,24H2/b9-6+,20-11-. The van der Waals surface area contributed by atoms with Crippen molar-refractivity contribution in [2.45, 2.75) is 0 Å². The first-order chi connectivity index (χ1) is 11.7. The van der Waals surface area contributed by atoms with Gasteiger partial charge >= 0.3 is 0 Å². The van der Waals surface area contributed by atoms with Gasteiger partial charge in [-0.2, -0.15) is 0 Å². The normalized spacial score (nSPS) is 11.8. The summed E-state index contributed by atoms with van der Waals surface area (Å²) in [5, 5.41) is 0. The first-order valence-electron chi connectivity index (χ1n) is 7.78. The summed E-state index contributed by atoms with van der Waals surface area (Å²) in [7, 11) is 0. The summed E-state index contributed by atoms with van der Waals surface area (Å²) >= 11 is 0. The van der Waals surface area contributed by atoms with E-state index in [4.69, 9.17) is 5.73 Å². The average Bonchev–Trinajstić information content (AvgIpc) is 2.62. The number of nitrogens with two attached hydrogens (primary N) is 1. The quantitative estimate of drug-likeness (QED) is 0.495. The van der Waals surface area contributed by atoms with Crippen molar-refractivity contribution in [2.24, 2.45) is 0 Å². The molecule has 3 rings (SSSR count). The van der Waals surface area contributed by atoms with Gasteiger partial charge in [-0.3, -0.25) is 0 Å². The van der Waals surface area contributed by atoms with E-state index in [0.29, 0.717) is 5.69 Å². The summed E-state index contributed by atoms with van der Waals surface area (Å²) in [6.45, 7) is 0. The number of para-hydroxylation sites is 1. The number of halogens is 1. The Kier molecular flexibility index (Phi) is 4.87. The second-order valence-corrected chi connectivity index (χ2v) is 5.44. The molecule has 0 fully saturated rings. The van der Waals surface area contributed by atoms with Crippen LogP contribution >= 0.6 is 0 Å². The number of anilines is 1. The molecule has 0 aliphatic heterocycles. The Hall–Kier alpha value is -3.13. The van der Waals surface area contributed by atoms with Crippen molar-refractivity contribution in [1.29, 1.82) is 0 Å². The largest absolute Gasteiger partial charge is 0.398 e. The van der Waals surface area contributed by atoms with Gasteiger partial charge in [0.1, 0.15) is 5.82 Å². The summed E-state index contributed by atoms with van der Waals surface area (Å²) in [4.78, 5) is 0. The fraction of sp³-hybridized carbons (Fsp3) is 0. The molecule has 0 unspecified atom stereocenters. The van der Waals surface area contributed by atoms with E-state index in [-0.39, 0.29) is 5.82 Å². The SMILES string of the molecule is Nc1ccccc1/C(=C\C=C\c1ccccc1)c1ccc(F)cc1. The molecule has 0 saturated carbocycles. The molecule has 0 saturated heterocycles. The Morgan fingerprint density at radius 1 is 0.792 bits per heavy atom. The third-order valence-electron chi connectivity index (χ3n) is 3.76. The molecule has 3 aromatic rings. The van der Waals surface area contributed by atoms with Crippen LogP contribution in [0, 0.1) is 5.82 Å². The van der Waals surface area contributed by atoms with Crippen molar-refractivity contribution in [3.8, 4) is 0 Å². The number of benzene rings is 3. The van der Waals surface area contributed by atoms with Crippen molar-refractivity contribution < 1.29 is 4.39 Å². The average molecular weight is 315 g/mol. The number of rotatable bonds is 4. The van der Waals surface area contributed by atoms with Crippen LogP contribution in [-0.4, -0.2) is 0 Å². The molecule has 0 spiro atoms. The minimum atomic E-state index is -0.251. The maximum Gasteiger partial charge on any atom is 0.123 e. The van der Waals surface area contributed by atoms with Gasteiger partial charge in [-0.15, -0.1) is 0 Å². The summed E-state index contributed by atoms with van der Waals surface area (Å²) in [6, 6.07) is 24.2. The number of nitrogen functional groups attached to an aromatic ring is 1. The van der Waals surface area contributed by atoms with Crippen LogP contribution in [-0.2, 0) is 0 Å². The Morgan fingerprint density at radius 2 is 1.46 bits per heavy atom. The van der Waals surface area contributed by atoms with E-state index in [2.05, 4.69) is 0 Å². The summed E-state index contributed by atoms with van der Waals surface area (Å²) in [5.41, 5.74) is 10.8. The molecule has 0 aromatic heterocycles. The van der Waals surface area contributed by atoms with Gasteiger partial charge in [-0.05, 0) is 34.9 Å². The van der Waals surface area contributed by atoms with E-state index in [1.807, 2.05) is 72.8 Å². The molecule has 2 N–H and O–H groups in total. The first-order valence-corrected chi connectivity index (χ1v) is 7.78. The van der Waals surface area contributed by atoms with E-state index in [1.54, 1.807) is 12.1 Å². The molecular formula is C22H18FN. The smallest absolute Gasteiger partial charge is 0.123 e. The van der Waals surface area contributed by atoms with Crippen LogP contribution in [0.15, 0.2) is 91.0 Å². The van der Waals surface area contributed by atoms with Crippen LogP contribution in [0.2, 0.25) is 0 Å². The maximum absolute atomic E-state index is 13.2. The zero-order valence-corrected chi connectivity index (χ0v) is 13.2. The number of hydrogen-bond donors (Lipinski definition) is 1. The highest BCUT2D eigenvalue weighted by Crippen LogP contribution is 2.28. The van der Waals surface area contributed by atoms with Crippen molar-refractivity contribution in [3.63, 3.8) is 0 Å². The summed E-state index contributed by atoms with van der Waals surface area (Å²) < 4.78 is 13.2. The predicted molar refractivity (Wildman–Crippen MR) is 99.8 cm³/mol. The Balaban J connectivity index is 2.02. The second-order valence-electron chi connectivity index (χ2n) is 5.44. The third-order valence-corrected chi connectivity index (χ3v) is 3.76. The van der Waals surface area contributed by atoms with Gasteiger partial charge < -0.3 is 5.73 Å². The lowest BCUT2D eigenvalue weighted by Gasteiger charge is -2.10. The van der Waals surface area contributed by atoms with Crippen LogP contribution in [0.1, 0.15) is 16.7 Å². The monoisotopic (exact) mass is 315 g/mol. The lowest BCUT2D eigenvalue weighted by molar-refractivity contribution is 0.627. The van der Waals surface area contributed by atoms with Gasteiger partial charge in [0.05, 0.1) is 0 Å². The van der Waals surface area contributed by atoms with Gasteiger partial charge in [0.2, 0.25) is 0 Å². The second kappa shape index (κ2) is 7.42. The minimum absolute atomic E-state index is 0.251. The van der Waals surface area contributed by atoms with Crippen LogP contribution in [0.3, 0.4) is 0 Å². The molecule has 0 heterocycles. The molecular weight excluding hydrogens is 297 g/mol. The van der Waals surface area contributed by atoms with Crippen LogP contribution < -0.4 is 5.73 Å². The summed E-state index contributed by atoms with van der Waals surface area (Å²) in [6.07, 6.45) is 6.02. The van der Waals surface area contributed by atoms with Gasteiger partial charge in [-0.25, -0.2) is 4.39 Å². The Labute approximate surface area is 141 Å². The highest BCUT2D eigenvalue weighted by Gasteiger charge is 2.07. The van der Waals surface area contributed by atoms with Gasteiger partial charge in [-0.1, -0.05) is 78.9 Å². The van der Waals surface area contributed by atoms with Crippen LogP contribution in [0.25, 0.3) is 11.6 Å². The van der Waals surface area contributed by atoms with Crippen LogP contribution in [0.5, 0.6) is 0 Å². The zero-order valence-electron chi connectivity index (χ0n) is 13.2. The van der Waals surface area contributed by atoms with Crippen molar-refractivity contribution >= 4 is 17.3 Å². The lowest BCUT2D eigenvalue weighted by Crippen LogP contribution is -1.95. The maximum atomic E-state index is 13.2. The van der Waals surface area contributed by atoms with E-state index < -0.39 is 0 Å². The highest BCUT2D eigenvalue weighted by molar-refractivity contribution is 5.86. The molecule has 0 radical (unpaired) electrons. The van der Waals surface area contributed by atoms with E-state index in [0.717, 1.165) is 22.3 Å². The third kappa shape index (κ3) is 3.79. The topological polar surface area (TPSA) is 26.0 Å². The van der Waals surface area contributed by atoms with Crippen molar-refractivity contribution in [3.05, 3.63) is 114 Å². The van der Waals surface area contributed by atoms with Gasteiger partial charge in [0.25, 0.3) is 0 Å². The number of allylic oxidation sites excluding steroid dienone is 2. The number of hydrogen-bond acceptors (Lipinski definition) is 1. The van der Waals surface area contributed by atoms with E-state index in [9.17, 15) is 4.39 Å². The molecule has 3 aromatic carbocycles.